The van der Waals surface area contributed by atoms with Gasteiger partial charge in [0.25, 0.3) is 0 Å². The first kappa shape index (κ1) is 19.2. The van der Waals surface area contributed by atoms with E-state index < -0.39 is 0 Å². The lowest BCUT2D eigenvalue weighted by atomic mass is 10.0. The van der Waals surface area contributed by atoms with E-state index in [-0.39, 0.29) is 5.82 Å². The van der Waals surface area contributed by atoms with Crippen LogP contribution in [0.3, 0.4) is 0 Å². The second-order valence-corrected chi connectivity index (χ2v) is 7.86. The highest BCUT2D eigenvalue weighted by molar-refractivity contribution is 8.00. The number of aromatic nitrogens is 2. The molecule has 3 aromatic rings. The Balaban J connectivity index is 1.93. The zero-order valence-corrected chi connectivity index (χ0v) is 16.5. The van der Waals surface area contributed by atoms with Gasteiger partial charge in [0, 0.05) is 23.9 Å². The maximum Gasteiger partial charge on any atom is 0.141 e. The molecular weight excluding hydrogens is 359 g/mol. The van der Waals surface area contributed by atoms with Crippen molar-refractivity contribution in [2.75, 3.05) is 22.8 Å². The van der Waals surface area contributed by atoms with Gasteiger partial charge in [-0.2, -0.15) is 0 Å². The molecule has 0 aliphatic heterocycles. The summed E-state index contributed by atoms with van der Waals surface area (Å²) in [6.07, 6.45) is 2.91. The Labute approximate surface area is 163 Å². The molecule has 0 atom stereocenters. The smallest absolute Gasteiger partial charge is 0.141 e. The van der Waals surface area contributed by atoms with E-state index in [2.05, 4.69) is 34.2 Å². The maximum atomic E-state index is 14.8. The highest BCUT2D eigenvalue weighted by atomic mass is 32.2. The second-order valence-electron chi connectivity index (χ2n) is 6.73. The predicted octanol–water partition coefficient (Wildman–Crippen LogP) is 5.27. The number of anilines is 2. The van der Waals surface area contributed by atoms with Crippen molar-refractivity contribution in [3.05, 3.63) is 60.7 Å². The van der Waals surface area contributed by atoms with E-state index >= 15 is 0 Å². The fraction of sp³-hybridized carbons (Fsp3) is 0.238. The molecule has 0 saturated carbocycles. The van der Waals surface area contributed by atoms with E-state index in [1.807, 2.05) is 31.3 Å². The Bertz CT molecular complexity index is 912. The van der Waals surface area contributed by atoms with Crippen LogP contribution < -0.4 is 10.0 Å². The number of nitrogen functional groups attached to an aromatic ring is 1. The van der Waals surface area contributed by atoms with E-state index in [1.54, 1.807) is 24.1 Å². The molecule has 0 saturated heterocycles. The first-order valence-electron chi connectivity index (χ1n) is 8.79. The van der Waals surface area contributed by atoms with Crippen LogP contribution in [0, 0.1) is 11.7 Å². The van der Waals surface area contributed by atoms with Gasteiger partial charge in [-0.05, 0) is 41.6 Å². The third-order valence-electron chi connectivity index (χ3n) is 4.07. The van der Waals surface area contributed by atoms with E-state index in [1.165, 1.54) is 12.4 Å². The molecule has 0 amide bonds. The number of nitrogens with zero attached hydrogens (tertiary/aromatic N) is 3. The molecule has 0 radical (unpaired) electrons. The molecule has 0 fully saturated rings. The van der Waals surface area contributed by atoms with Crippen LogP contribution in [0.2, 0.25) is 0 Å². The van der Waals surface area contributed by atoms with Crippen molar-refractivity contribution in [2.45, 2.75) is 13.8 Å². The van der Waals surface area contributed by atoms with Crippen molar-refractivity contribution in [2.24, 2.45) is 5.92 Å². The summed E-state index contributed by atoms with van der Waals surface area (Å²) in [4.78, 5) is 8.15. The molecule has 2 aromatic carbocycles. The Morgan fingerprint density at radius 3 is 2.52 bits per heavy atom. The molecule has 0 unspecified atom stereocenters. The topological polar surface area (TPSA) is 55.0 Å². The van der Waals surface area contributed by atoms with Gasteiger partial charge in [0.2, 0.25) is 0 Å². The number of hydrogen-bond donors (Lipinski definition) is 1. The van der Waals surface area contributed by atoms with Gasteiger partial charge in [-0.25, -0.2) is 9.37 Å². The quantitative estimate of drug-likeness (QED) is 0.588. The Morgan fingerprint density at radius 2 is 1.85 bits per heavy atom. The van der Waals surface area contributed by atoms with Gasteiger partial charge in [-0.3, -0.25) is 4.98 Å². The largest absolute Gasteiger partial charge is 0.382 e. The van der Waals surface area contributed by atoms with Crippen molar-refractivity contribution in [1.29, 1.82) is 0 Å². The predicted molar refractivity (Wildman–Crippen MR) is 113 cm³/mol. The second kappa shape index (κ2) is 8.39. The lowest BCUT2D eigenvalue weighted by Gasteiger charge is -2.22. The summed E-state index contributed by atoms with van der Waals surface area (Å²) in [5.41, 5.74) is 9.30. The summed E-state index contributed by atoms with van der Waals surface area (Å²) in [5, 5.41) is 0. The zero-order valence-electron chi connectivity index (χ0n) is 15.7. The van der Waals surface area contributed by atoms with Gasteiger partial charge in [0.05, 0.1) is 23.8 Å². The maximum absolute atomic E-state index is 14.8. The van der Waals surface area contributed by atoms with E-state index in [4.69, 9.17) is 5.73 Å². The number of benzene rings is 2. The third-order valence-corrected chi connectivity index (χ3v) is 5.47. The third kappa shape index (κ3) is 4.57. The van der Waals surface area contributed by atoms with Crippen LogP contribution in [-0.4, -0.2) is 22.8 Å². The Kier molecular flexibility index (Phi) is 5.96. The molecule has 3 rings (SSSR count). The van der Waals surface area contributed by atoms with Crippen LogP contribution in [0.4, 0.5) is 15.9 Å². The van der Waals surface area contributed by atoms with Crippen molar-refractivity contribution in [3.63, 3.8) is 0 Å². The molecule has 1 heterocycles. The molecule has 0 bridgehead atoms. The van der Waals surface area contributed by atoms with Gasteiger partial charge < -0.3 is 10.0 Å². The summed E-state index contributed by atoms with van der Waals surface area (Å²) in [7, 11) is 2.04. The minimum absolute atomic E-state index is 0.312. The van der Waals surface area contributed by atoms with Crippen LogP contribution in [0.25, 0.3) is 22.4 Å². The van der Waals surface area contributed by atoms with E-state index in [9.17, 15) is 4.39 Å². The average Bonchev–Trinajstić information content (AvgIpc) is 2.67. The summed E-state index contributed by atoms with van der Waals surface area (Å²) in [6, 6.07) is 13.2. The standard InChI is InChI=1S/C21H23FN4S/c1-14(2)13-27-26(3)20-7-5-4-6-16(20)15-8-9-17(18(22)10-15)19-11-25-21(23)12-24-19/h4-12,14H,13H2,1-3H3,(H2,23,25). The number of para-hydroxylation sites is 1. The van der Waals surface area contributed by atoms with Crippen molar-refractivity contribution in [1.82, 2.24) is 9.97 Å². The number of rotatable bonds is 6. The summed E-state index contributed by atoms with van der Waals surface area (Å²) < 4.78 is 16.9. The van der Waals surface area contributed by atoms with Gasteiger partial charge in [-0.1, -0.05) is 38.1 Å². The number of halogens is 1. The molecule has 1 aromatic heterocycles. The molecular formula is C21H23FN4S. The number of nitrogens with two attached hydrogens (primary N) is 1. The summed E-state index contributed by atoms with van der Waals surface area (Å²) in [5.74, 6) is 1.60. The molecule has 27 heavy (non-hydrogen) atoms. The van der Waals surface area contributed by atoms with Crippen LogP contribution in [0.5, 0.6) is 0 Å². The molecule has 6 heteroatoms. The Morgan fingerprint density at radius 1 is 1.07 bits per heavy atom. The number of hydrogen-bond acceptors (Lipinski definition) is 5. The molecule has 4 nitrogen and oxygen atoms in total. The monoisotopic (exact) mass is 382 g/mol. The highest BCUT2D eigenvalue weighted by Crippen LogP contribution is 2.35. The van der Waals surface area contributed by atoms with Gasteiger partial charge in [0.15, 0.2) is 0 Å². The zero-order chi connectivity index (χ0) is 19.4. The van der Waals surface area contributed by atoms with Crippen LogP contribution in [0.15, 0.2) is 54.9 Å². The first-order chi connectivity index (χ1) is 13.0. The SMILES string of the molecule is CC(C)CSN(C)c1ccccc1-c1ccc(-c2cnc(N)cn2)c(F)c1. The minimum atomic E-state index is -0.334. The van der Waals surface area contributed by atoms with E-state index in [0.717, 1.165) is 22.6 Å². The summed E-state index contributed by atoms with van der Waals surface area (Å²) in [6.45, 7) is 4.39. The van der Waals surface area contributed by atoms with Gasteiger partial charge in [-0.15, -0.1) is 0 Å². The van der Waals surface area contributed by atoms with Crippen molar-refractivity contribution < 1.29 is 4.39 Å². The lowest BCUT2D eigenvalue weighted by molar-refractivity contribution is 0.631. The highest BCUT2D eigenvalue weighted by Gasteiger charge is 2.13. The van der Waals surface area contributed by atoms with Crippen LogP contribution >= 0.6 is 11.9 Å². The van der Waals surface area contributed by atoms with Crippen LogP contribution in [0.1, 0.15) is 13.8 Å². The molecule has 0 aliphatic rings. The normalized spacial score (nSPS) is 11.0. The van der Waals surface area contributed by atoms with Crippen LogP contribution in [-0.2, 0) is 0 Å². The molecule has 0 spiro atoms. The van der Waals surface area contributed by atoms with E-state index in [0.29, 0.717) is 23.0 Å². The molecule has 140 valence electrons. The molecule has 2 N–H and O–H groups in total. The Hall–Kier alpha value is -2.60. The first-order valence-corrected chi connectivity index (χ1v) is 9.73. The molecule has 0 aliphatic carbocycles. The van der Waals surface area contributed by atoms with Crippen molar-refractivity contribution >= 4 is 23.5 Å². The fourth-order valence-electron chi connectivity index (χ4n) is 2.69. The summed E-state index contributed by atoms with van der Waals surface area (Å²) >= 11 is 1.76. The average molecular weight is 383 g/mol. The fourth-order valence-corrected chi connectivity index (χ4v) is 3.51. The van der Waals surface area contributed by atoms with Gasteiger partial charge in [0.1, 0.15) is 11.6 Å². The van der Waals surface area contributed by atoms with Gasteiger partial charge >= 0.3 is 0 Å². The van der Waals surface area contributed by atoms with Crippen molar-refractivity contribution in [3.8, 4) is 22.4 Å². The minimum Gasteiger partial charge on any atom is -0.382 e. The lowest BCUT2D eigenvalue weighted by Crippen LogP contribution is -2.10.